The number of benzene rings is 1. The number of allylic oxidation sites excluding steroid dienone is 1. The van der Waals surface area contributed by atoms with Gasteiger partial charge in [0.1, 0.15) is 11.2 Å². The number of hydrogen-bond acceptors (Lipinski definition) is 2. The fraction of sp³-hybridized carbons (Fsp3) is 0.471. The van der Waals surface area contributed by atoms with Crippen LogP contribution in [0.1, 0.15) is 43.9 Å². The second-order valence-electron chi connectivity index (χ2n) is 6.58. The van der Waals surface area contributed by atoms with E-state index in [9.17, 15) is 5.26 Å². The van der Waals surface area contributed by atoms with Gasteiger partial charge in [0.2, 0.25) is 0 Å². The summed E-state index contributed by atoms with van der Waals surface area (Å²) in [5.74, 6) is 0. The molecule has 1 aromatic carbocycles. The average molecular weight is 253 g/mol. The van der Waals surface area contributed by atoms with Crippen molar-refractivity contribution in [3.63, 3.8) is 0 Å². The Balaban J connectivity index is 2.20. The molecule has 0 radical (unpaired) electrons. The summed E-state index contributed by atoms with van der Waals surface area (Å²) in [6.07, 6.45) is 5.39. The van der Waals surface area contributed by atoms with Gasteiger partial charge in [-0.25, -0.2) is 0 Å². The second-order valence-corrected chi connectivity index (χ2v) is 6.58. The summed E-state index contributed by atoms with van der Waals surface area (Å²) in [4.78, 5) is 0. The molecule has 0 saturated carbocycles. The van der Waals surface area contributed by atoms with Gasteiger partial charge in [-0.3, -0.25) is 0 Å². The Bertz CT molecular complexity index is 623. The van der Waals surface area contributed by atoms with E-state index in [4.69, 9.17) is 4.74 Å². The van der Waals surface area contributed by atoms with E-state index in [2.05, 4.69) is 45.1 Å². The van der Waals surface area contributed by atoms with Crippen molar-refractivity contribution in [3.8, 4) is 6.07 Å². The van der Waals surface area contributed by atoms with Crippen molar-refractivity contribution < 1.29 is 4.74 Å². The molecule has 1 saturated heterocycles. The van der Waals surface area contributed by atoms with Crippen LogP contribution in [0, 0.1) is 23.7 Å². The van der Waals surface area contributed by atoms with E-state index >= 15 is 0 Å². The molecule has 19 heavy (non-hydrogen) atoms. The molecule has 1 heterocycles. The number of nitrogens with zero attached hydrogens (tertiary/aromatic N) is 1. The third-order valence-electron chi connectivity index (χ3n) is 4.65. The molecule has 1 aromatic rings. The maximum atomic E-state index is 9.17. The normalized spacial score (nSPS) is 34.5. The van der Waals surface area contributed by atoms with Gasteiger partial charge in [0.15, 0.2) is 0 Å². The number of hydrogen-bond donors (Lipinski definition) is 0. The van der Waals surface area contributed by atoms with Gasteiger partial charge < -0.3 is 4.74 Å². The summed E-state index contributed by atoms with van der Waals surface area (Å²) in [6, 6.07) is 8.32. The van der Waals surface area contributed by atoms with Crippen molar-refractivity contribution in [2.24, 2.45) is 5.41 Å². The minimum absolute atomic E-state index is 0.0387. The highest BCUT2D eigenvalue weighted by molar-refractivity contribution is 5.48. The molecule has 0 bridgehead atoms. The molecular formula is C17H19NO. The monoisotopic (exact) mass is 253 g/mol. The van der Waals surface area contributed by atoms with Crippen LogP contribution >= 0.6 is 0 Å². The topological polar surface area (TPSA) is 36.3 Å². The number of rotatable bonds is 1. The first-order valence-electron chi connectivity index (χ1n) is 6.75. The van der Waals surface area contributed by atoms with Crippen LogP contribution < -0.4 is 0 Å². The van der Waals surface area contributed by atoms with Crippen LogP contribution in [0.2, 0.25) is 0 Å². The Morgan fingerprint density at radius 2 is 1.95 bits per heavy atom. The average Bonchev–Trinajstić information content (AvgIpc) is 2.97. The zero-order valence-corrected chi connectivity index (χ0v) is 11.9. The fourth-order valence-electron chi connectivity index (χ4n) is 3.76. The van der Waals surface area contributed by atoms with Crippen LogP contribution in [0.3, 0.4) is 0 Å². The van der Waals surface area contributed by atoms with Crippen LogP contribution in [-0.4, -0.2) is 5.60 Å². The maximum Gasteiger partial charge on any atom is 0.132 e. The largest absolute Gasteiger partial charge is 0.353 e. The first-order valence-corrected chi connectivity index (χ1v) is 6.75. The molecule has 0 N–H and O–H groups in total. The number of fused-ring (bicyclic) bond motifs is 1. The van der Waals surface area contributed by atoms with Crippen molar-refractivity contribution in [1.82, 2.24) is 0 Å². The fourth-order valence-corrected chi connectivity index (χ4v) is 3.76. The van der Waals surface area contributed by atoms with Gasteiger partial charge in [-0.05, 0) is 43.5 Å². The van der Waals surface area contributed by atoms with E-state index in [1.54, 1.807) is 0 Å². The van der Waals surface area contributed by atoms with Crippen LogP contribution in [0.25, 0.3) is 0 Å². The van der Waals surface area contributed by atoms with E-state index in [-0.39, 0.29) is 16.6 Å². The molecule has 2 atom stereocenters. The SMILES string of the molecule is Cc1cc(C#N)cc(C23OC2(C)C=CCC3(C)C)c1. The number of epoxide rings is 1. The lowest BCUT2D eigenvalue weighted by molar-refractivity contribution is 0.139. The molecule has 2 nitrogen and oxygen atoms in total. The second kappa shape index (κ2) is 3.49. The van der Waals surface area contributed by atoms with Crippen LogP contribution in [0.4, 0.5) is 0 Å². The van der Waals surface area contributed by atoms with Crippen molar-refractivity contribution in [1.29, 1.82) is 5.26 Å². The summed E-state index contributed by atoms with van der Waals surface area (Å²) >= 11 is 0. The van der Waals surface area contributed by atoms with Crippen molar-refractivity contribution >= 4 is 0 Å². The predicted molar refractivity (Wildman–Crippen MR) is 74.6 cm³/mol. The highest BCUT2D eigenvalue weighted by atomic mass is 16.6. The van der Waals surface area contributed by atoms with Gasteiger partial charge in [0.25, 0.3) is 0 Å². The third kappa shape index (κ3) is 1.45. The number of aryl methyl sites for hydroxylation is 1. The molecule has 2 heteroatoms. The summed E-state index contributed by atoms with van der Waals surface area (Å²) in [6.45, 7) is 8.66. The summed E-state index contributed by atoms with van der Waals surface area (Å²) < 4.78 is 6.21. The highest BCUT2D eigenvalue weighted by Gasteiger charge is 2.74. The van der Waals surface area contributed by atoms with Gasteiger partial charge in [0.05, 0.1) is 11.6 Å². The van der Waals surface area contributed by atoms with Crippen molar-refractivity contribution in [3.05, 3.63) is 47.0 Å². The smallest absolute Gasteiger partial charge is 0.132 e. The van der Waals surface area contributed by atoms with Gasteiger partial charge in [0, 0.05) is 5.41 Å². The van der Waals surface area contributed by atoms with E-state index in [1.165, 1.54) is 0 Å². The maximum absolute atomic E-state index is 9.17. The molecule has 98 valence electrons. The van der Waals surface area contributed by atoms with Gasteiger partial charge >= 0.3 is 0 Å². The standard InChI is InChI=1S/C17H19NO/c1-12-8-13(11-18)10-14(9-12)17-15(2,3)6-5-7-16(17,4)19-17/h5,7-10H,6H2,1-4H3. The Hall–Kier alpha value is -1.59. The molecule has 0 spiro atoms. The van der Waals surface area contributed by atoms with Gasteiger partial charge in [-0.2, -0.15) is 5.26 Å². The minimum Gasteiger partial charge on any atom is -0.353 e. The minimum atomic E-state index is -0.285. The molecule has 2 unspecified atom stereocenters. The predicted octanol–water partition coefficient (Wildman–Crippen LogP) is 3.84. The third-order valence-corrected chi connectivity index (χ3v) is 4.65. The number of nitriles is 1. The van der Waals surface area contributed by atoms with Crippen molar-refractivity contribution in [2.75, 3.05) is 0 Å². The quantitative estimate of drug-likeness (QED) is 0.563. The molecule has 1 aliphatic heterocycles. The highest BCUT2D eigenvalue weighted by Crippen LogP contribution is 2.68. The van der Waals surface area contributed by atoms with Crippen molar-refractivity contribution in [2.45, 2.75) is 45.3 Å². The molecule has 1 aliphatic carbocycles. The first kappa shape index (κ1) is 12.4. The van der Waals surface area contributed by atoms with Gasteiger partial charge in [-0.15, -0.1) is 0 Å². The summed E-state index contributed by atoms with van der Waals surface area (Å²) in [7, 11) is 0. The van der Waals surface area contributed by atoms with E-state index in [1.807, 2.05) is 19.1 Å². The summed E-state index contributed by atoms with van der Waals surface area (Å²) in [5, 5.41) is 9.17. The van der Waals surface area contributed by atoms with E-state index < -0.39 is 0 Å². The summed E-state index contributed by atoms with van der Waals surface area (Å²) in [5.41, 5.74) is 2.50. The van der Waals surface area contributed by atoms with E-state index in [0.29, 0.717) is 5.56 Å². The van der Waals surface area contributed by atoms with Crippen LogP contribution in [0.5, 0.6) is 0 Å². The van der Waals surface area contributed by atoms with Crippen LogP contribution in [-0.2, 0) is 10.3 Å². The lowest BCUT2D eigenvalue weighted by Crippen LogP contribution is -2.38. The first-order chi connectivity index (χ1) is 8.85. The molecule has 1 fully saturated rings. The Morgan fingerprint density at radius 1 is 1.21 bits per heavy atom. The molecule has 0 aromatic heterocycles. The molecule has 3 rings (SSSR count). The van der Waals surface area contributed by atoms with E-state index in [0.717, 1.165) is 17.5 Å². The molecule has 2 aliphatic rings. The molecule has 0 amide bonds. The Morgan fingerprint density at radius 3 is 2.58 bits per heavy atom. The zero-order chi connectivity index (χ0) is 13.9. The van der Waals surface area contributed by atoms with Crippen LogP contribution in [0.15, 0.2) is 30.4 Å². The zero-order valence-electron chi connectivity index (χ0n) is 11.9. The lowest BCUT2D eigenvalue weighted by atomic mass is 9.64. The van der Waals surface area contributed by atoms with Gasteiger partial charge in [-0.1, -0.05) is 32.1 Å². The molecular weight excluding hydrogens is 234 g/mol. The Labute approximate surface area is 114 Å². The lowest BCUT2D eigenvalue weighted by Gasteiger charge is -2.36. The number of ether oxygens (including phenoxy) is 1. The Kier molecular flexibility index (Phi) is 2.29.